The number of likely N-dealkylation sites (N-methyl/N-ethyl adjacent to an activating group) is 1. The molecular weight excluding hydrogens is 252 g/mol. The lowest BCUT2D eigenvalue weighted by Crippen LogP contribution is -2.53. The topological polar surface area (TPSA) is 80.7 Å². The van der Waals surface area contributed by atoms with Gasteiger partial charge in [0.05, 0.1) is 0 Å². The molecule has 0 spiro atoms. The number of unbranched alkanes of at least 4 members (excludes halogenated alkanes) is 1. The van der Waals surface area contributed by atoms with Crippen molar-refractivity contribution in [3.05, 3.63) is 0 Å². The molecule has 1 aliphatic rings. The van der Waals surface area contributed by atoms with Crippen LogP contribution >= 0.6 is 12.4 Å². The predicted molar refractivity (Wildman–Crippen MR) is 78.6 cm³/mol. The van der Waals surface area contributed by atoms with Crippen LogP contribution in [-0.4, -0.2) is 61.5 Å². The second-order valence-electron chi connectivity index (χ2n) is 4.38. The molecule has 1 fully saturated rings. The minimum absolute atomic E-state index is 0. The molecule has 1 aliphatic heterocycles. The van der Waals surface area contributed by atoms with Crippen LogP contribution in [0.3, 0.4) is 0 Å². The van der Waals surface area contributed by atoms with Gasteiger partial charge in [0.25, 0.3) is 0 Å². The van der Waals surface area contributed by atoms with E-state index in [9.17, 15) is 0 Å². The molecule has 0 amide bonds. The van der Waals surface area contributed by atoms with Crippen LogP contribution < -0.4 is 11.1 Å². The van der Waals surface area contributed by atoms with Crippen LogP contribution in [0.2, 0.25) is 0 Å². The van der Waals surface area contributed by atoms with Crippen LogP contribution in [-0.2, 0) is 0 Å². The number of guanidine groups is 2. The maximum atomic E-state index is 7.90. The molecule has 0 aromatic rings. The average Bonchev–Trinajstić information content (AvgIpc) is 2.30. The van der Waals surface area contributed by atoms with E-state index in [0.29, 0.717) is 11.9 Å². The Morgan fingerprint density at radius 2 is 1.94 bits per heavy atom. The highest BCUT2D eigenvalue weighted by atomic mass is 35.5. The number of hydrogen-bond donors (Lipinski definition) is 3. The minimum atomic E-state index is 0. The van der Waals surface area contributed by atoms with E-state index in [2.05, 4.69) is 29.2 Å². The number of piperazine rings is 1. The number of hydrogen-bond acceptors (Lipinski definition) is 3. The van der Waals surface area contributed by atoms with Crippen LogP contribution in [0.1, 0.15) is 19.8 Å². The molecule has 4 N–H and O–H groups in total. The number of aliphatic imine (C=N–C) groups is 1. The van der Waals surface area contributed by atoms with Gasteiger partial charge in [0.15, 0.2) is 11.9 Å². The summed E-state index contributed by atoms with van der Waals surface area (Å²) >= 11 is 0. The molecule has 6 nitrogen and oxygen atoms in total. The van der Waals surface area contributed by atoms with Crippen molar-refractivity contribution in [3.63, 3.8) is 0 Å². The Morgan fingerprint density at radius 3 is 2.50 bits per heavy atom. The molecule has 0 aromatic heterocycles. The van der Waals surface area contributed by atoms with Gasteiger partial charge in [0.1, 0.15) is 0 Å². The lowest BCUT2D eigenvalue weighted by atomic mass is 10.3. The first-order valence-corrected chi connectivity index (χ1v) is 6.22. The number of nitrogens with zero attached hydrogens (tertiary/aromatic N) is 3. The second kappa shape index (κ2) is 8.99. The summed E-state index contributed by atoms with van der Waals surface area (Å²) in [5, 5.41) is 10.7. The molecule has 7 heteroatoms. The monoisotopic (exact) mass is 276 g/mol. The number of rotatable bonds is 3. The fourth-order valence-corrected chi connectivity index (χ4v) is 1.63. The van der Waals surface area contributed by atoms with Gasteiger partial charge in [-0.1, -0.05) is 13.3 Å². The van der Waals surface area contributed by atoms with E-state index >= 15 is 0 Å². The van der Waals surface area contributed by atoms with Crippen molar-refractivity contribution < 1.29 is 0 Å². The Bertz CT molecular complexity index is 273. The molecule has 0 unspecified atom stereocenters. The number of nitrogens with one attached hydrogen (secondary N) is 2. The Labute approximate surface area is 116 Å². The maximum Gasteiger partial charge on any atom is 0.197 e. The fourth-order valence-electron chi connectivity index (χ4n) is 1.63. The van der Waals surface area contributed by atoms with Crippen LogP contribution in [0.25, 0.3) is 0 Å². The third-order valence-corrected chi connectivity index (χ3v) is 2.86. The third-order valence-electron chi connectivity index (χ3n) is 2.86. The van der Waals surface area contributed by atoms with E-state index in [0.717, 1.165) is 45.6 Å². The second-order valence-corrected chi connectivity index (χ2v) is 4.38. The van der Waals surface area contributed by atoms with Gasteiger partial charge in [-0.3, -0.25) is 15.7 Å². The SMILES string of the molecule is CCCCN=C(N)NC(=N)N1CCN(C)CC1.Cl. The molecule has 0 saturated carbocycles. The standard InChI is InChI=1S/C11H24N6.ClH/c1-3-4-5-14-10(12)15-11(13)17-8-6-16(2)7-9-17;/h3-9H2,1-2H3,(H4,12,13,14,15);1H. The lowest BCUT2D eigenvalue weighted by Gasteiger charge is -2.33. The van der Waals surface area contributed by atoms with Crippen molar-refractivity contribution >= 4 is 24.3 Å². The first-order valence-electron chi connectivity index (χ1n) is 6.22. The number of nitrogens with two attached hydrogens (primary N) is 1. The molecule has 18 heavy (non-hydrogen) atoms. The molecule has 0 aliphatic carbocycles. The van der Waals surface area contributed by atoms with E-state index in [1.165, 1.54) is 0 Å². The van der Waals surface area contributed by atoms with E-state index in [-0.39, 0.29) is 12.4 Å². The molecular formula is C11H25ClN6. The van der Waals surface area contributed by atoms with Crippen LogP contribution in [0.4, 0.5) is 0 Å². The van der Waals surface area contributed by atoms with Crippen molar-refractivity contribution in [1.29, 1.82) is 5.41 Å². The molecule has 0 radical (unpaired) electrons. The van der Waals surface area contributed by atoms with E-state index in [1.54, 1.807) is 0 Å². The third kappa shape index (κ3) is 6.07. The fraction of sp³-hybridized carbons (Fsp3) is 0.818. The Morgan fingerprint density at radius 1 is 1.33 bits per heavy atom. The molecule has 1 heterocycles. The van der Waals surface area contributed by atoms with Crippen LogP contribution in [0.15, 0.2) is 4.99 Å². The zero-order valence-corrected chi connectivity index (χ0v) is 12.1. The predicted octanol–water partition coefficient (Wildman–Crippen LogP) is 0.295. The summed E-state index contributed by atoms with van der Waals surface area (Å²) in [6.07, 6.45) is 2.14. The Kier molecular flexibility index (Phi) is 8.49. The van der Waals surface area contributed by atoms with Crippen molar-refractivity contribution in [3.8, 4) is 0 Å². The summed E-state index contributed by atoms with van der Waals surface area (Å²) in [5.41, 5.74) is 5.71. The molecule has 0 aromatic carbocycles. The van der Waals surface area contributed by atoms with Crippen molar-refractivity contribution in [2.45, 2.75) is 19.8 Å². The molecule has 106 valence electrons. The molecule has 1 rings (SSSR count). The van der Waals surface area contributed by atoms with Crippen LogP contribution in [0.5, 0.6) is 0 Å². The highest BCUT2D eigenvalue weighted by Gasteiger charge is 2.16. The Hall–Kier alpha value is -1.01. The summed E-state index contributed by atoms with van der Waals surface area (Å²) in [5.74, 6) is 0.707. The molecule has 1 saturated heterocycles. The van der Waals surface area contributed by atoms with Crippen molar-refractivity contribution in [2.24, 2.45) is 10.7 Å². The quantitative estimate of drug-likeness (QED) is 0.393. The smallest absolute Gasteiger partial charge is 0.197 e. The maximum absolute atomic E-state index is 7.90. The van der Waals surface area contributed by atoms with E-state index in [1.807, 2.05) is 4.90 Å². The van der Waals surface area contributed by atoms with Crippen molar-refractivity contribution in [1.82, 2.24) is 15.1 Å². The van der Waals surface area contributed by atoms with E-state index in [4.69, 9.17) is 11.1 Å². The highest BCUT2D eigenvalue weighted by Crippen LogP contribution is 1.98. The minimum Gasteiger partial charge on any atom is -0.370 e. The first kappa shape index (κ1) is 17.0. The number of halogens is 1. The highest BCUT2D eigenvalue weighted by molar-refractivity contribution is 5.96. The molecule has 0 atom stereocenters. The van der Waals surface area contributed by atoms with Crippen molar-refractivity contribution in [2.75, 3.05) is 39.8 Å². The van der Waals surface area contributed by atoms with Gasteiger partial charge in [-0.05, 0) is 13.5 Å². The van der Waals surface area contributed by atoms with Gasteiger partial charge in [0.2, 0.25) is 0 Å². The van der Waals surface area contributed by atoms with Crippen LogP contribution in [0, 0.1) is 5.41 Å². The summed E-state index contributed by atoms with van der Waals surface area (Å²) in [6, 6.07) is 0. The summed E-state index contributed by atoms with van der Waals surface area (Å²) in [6.45, 7) is 6.54. The summed E-state index contributed by atoms with van der Waals surface area (Å²) in [4.78, 5) is 8.41. The van der Waals surface area contributed by atoms with Gasteiger partial charge >= 0.3 is 0 Å². The van der Waals surface area contributed by atoms with Gasteiger partial charge in [-0.25, -0.2) is 0 Å². The van der Waals surface area contributed by atoms with Gasteiger partial charge in [-0.15, -0.1) is 12.4 Å². The van der Waals surface area contributed by atoms with Gasteiger partial charge < -0.3 is 15.5 Å². The summed E-state index contributed by atoms with van der Waals surface area (Å²) in [7, 11) is 2.09. The normalized spacial score (nSPS) is 17.2. The van der Waals surface area contributed by atoms with E-state index < -0.39 is 0 Å². The average molecular weight is 277 g/mol. The Balaban J connectivity index is 0.00000289. The largest absolute Gasteiger partial charge is 0.370 e. The van der Waals surface area contributed by atoms with Gasteiger partial charge in [0, 0.05) is 32.7 Å². The summed E-state index contributed by atoms with van der Waals surface area (Å²) < 4.78 is 0. The zero-order valence-electron chi connectivity index (χ0n) is 11.3. The lowest BCUT2D eigenvalue weighted by molar-refractivity contribution is 0.212. The first-order chi connectivity index (χ1) is 8.13. The zero-order chi connectivity index (χ0) is 12.7. The van der Waals surface area contributed by atoms with Gasteiger partial charge in [-0.2, -0.15) is 0 Å². The molecule has 0 bridgehead atoms.